The number of anilines is 1. The Labute approximate surface area is 102 Å². The highest BCUT2D eigenvalue weighted by atomic mass is 16.2. The first-order valence-corrected chi connectivity index (χ1v) is 5.64. The first kappa shape index (κ1) is 13.5. The molecule has 6 heteroatoms. The lowest BCUT2D eigenvalue weighted by Crippen LogP contribution is -2.30. The Morgan fingerprint density at radius 1 is 1.35 bits per heavy atom. The summed E-state index contributed by atoms with van der Waals surface area (Å²) in [5.41, 5.74) is 7.25. The molecule has 96 valence electrons. The van der Waals surface area contributed by atoms with Gasteiger partial charge < -0.3 is 15.5 Å². The molecule has 6 nitrogen and oxygen atoms in total. The van der Waals surface area contributed by atoms with Gasteiger partial charge in [0, 0.05) is 13.6 Å². The van der Waals surface area contributed by atoms with Crippen LogP contribution in [0, 0.1) is 6.92 Å². The van der Waals surface area contributed by atoms with Crippen LogP contribution in [0.25, 0.3) is 0 Å². The number of hydrogen-bond donors (Lipinski definition) is 2. The Kier molecular flexibility index (Phi) is 4.51. The van der Waals surface area contributed by atoms with Gasteiger partial charge in [-0.2, -0.15) is 5.10 Å². The first-order valence-electron chi connectivity index (χ1n) is 5.64. The first-order chi connectivity index (χ1) is 7.93. The van der Waals surface area contributed by atoms with Crippen molar-refractivity contribution in [2.45, 2.75) is 13.3 Å². The molecule has 1 aromatic heterocycles. The number of nitrogens with zero attached hydrogens (tertiary/aromatic N) is 3. The molecule has 1 amide bonds. The number of rotatable bonds is 5. The number of hydrogen-bond acceptors (Lipinski definition) is 4. The maximum absolute atomic E-state index is 12.0. The zero-order valence-corrected chi connectivity index (χ0v) is 10.9. The predicted octanol–water partition coefficient (Wildman–Crippen LogP) is 0.324. The quantitative estimate of drug-likeness (QED) is 0.776. The van der Waals surface area contributed by atoms with Crippen LogP contribution in [0.15, 0.2) is 0 Å². The summed E-state index contributed by atoms with van der Waals surface area (Å²) in [4.78, 5) is 15.7. The molecule has 0 spiro atoms. The summed E-state index contributed by atoms with van der Waals surface area (Å²) in [6.07, 6.45) is 0.929. The minimum absolute atomic E-state index is 0.134. The third kappa shape index (κ3) is 3.45. The van der Waals surface area contributed by atoms with E-state index in [1.807, 2.05) is 14.1 Å². The van der Waals surface area contributed by atoms with Crippen LogP contribution in [0.2, 0.25) is 0 Å². The van der Waals surface area contributed by atoms with Crippen LogP contribution in [0.4, 0.5) is 5.69 Å². The van der Waals surface area contributed by atoms with Gasteiger partial charge in [0.05, 0.1) is 11.4 Å². The number of nitrogens with one attached hydrogen (secondary N) is 1. The lowest BCUT2D eigenvalue weighted by atomic mass is 10.2. The average Bonchev–Trinajstić information content (AvgIpc) is 2.58. The molecular weight excluding hydrogens is 218 g/mol. The van der Waals surface area contributed by atoms with Gasteiger partial charge in [0.1, 0.15) is 0 Å². The van der Waals surface area contributed by atoms with Gasteiger partial charge in [0.15, 0.2) is 5.69 Å². The van der Waals surface area contributed by atoms with Crippen LogP contribution in [0.1, 0.15) is 22.6 Å². The molecule has 1 rings (SSSR count). The highest BCUT2D eigenvalue weighted by Crippen LogP contribution is 2.14. The molecule has 0 unspecified atom stereocenters. The molecule has 1 heterocycles. The summed E-state index contributed by atoms with van der Waals surface area (Å²) in [7, 11) is 5.79. The smallest absolute Gasteiger partial charge is 0.276 e. The van der Waals surface area contributed by atoms with Crippen molar-refractivity contribution < 1.29 is 4.79 Å². The largest absolute Gasteiger partial charge is 0.395 e. The van der Waals surface area contributed by atoms with Crippen molar-refractivity contribution in [1.82, 2.24) is 20.0 Å². The van der Waals surface area contributed by atoms with Crippen molar-refractivity contribution in [3.8, 4) is 0 Å². The Bertz CT molecular complexity index is 385. The van der Waals surface area contributed by atoms with E-state index < -0.39 is 0 Å². The van der Waals surface area contributed by atoms with E-state index in [0.29, 0.717) is 17.9 Å². The monoisotopic (exact) mass is 239 g/mol. The normalized spacial score (nSPS) is 10.9. The molecule has 0 saturated heterocycles. The average molecular weight is 239 g/mol. The standard InChI is InChI=1S/C11H21N5O/c1-8-9(12)10(14-13-8)11(17)16(4)7-5-6-15(2)3/h5-7,12H2,1-4H3,(H,13,14). The Balaban J connectivity index is 2.55. The van der Waals surface area contributed by atoms with Gasteiger partial charge >= 0.3 is 0 Å². The molecule has 0 saturated carbocycles. The van der Waals surface area contributed by atoms with Gasteiger partial charge in [-0.05, 0) is 34.0 Å². The van der Waals surface area contributed by atoms with Gasteiger partial charge in [0.25, 0.3) is 5.91 Å². The molecule has 0 aliphatic carbocycles. The number of nitrogens with two attached hydrogens (primary N) is 1. The highest BCUT2D eigenvalue weighted by Gasteiger charge is 2.18. The highest BCUT2D eigenvalue weighted by molar-refractivity contribution is 5.97. The maximum atomic E-state index is 12.0. The van der Waals surface area contributed by atoms with Gasteiger partial charge in [-0.25, -0.2) is 0 Å². The third-order valence-corrected chi connectivity index (χ3v) is 2.64. The lowest BCUT2D eigenvalue weighted by molar-refractivity contribution is 0.0786. The zero-order chi connectivity index (χ0) is 13.0. The number of amides is 1. The van der Waals surface area contributed by atoms with E-state index in [4.69, 9.17) is 5.73 Å². The van der Waals surface area contributed by atoms with E-state index in [2.05, 4.69) is 15.1 Å². The Morgan fingerprint density at radius 2 is 2.00 bits per heavy atom. The molecule has 3 N–H and O–H groups in total. The van der Waals surface area contributed by atoms with Crippen LogP contribution < -0.4 is 5.73 Å². The topological polar surface area (TPSA) is 78.2 Å². The third-order valence-electron chi connectivity index (χ3n) is 2.64. The van der Waals surface area contributed by atoms with Crippen molar-refractivity contribution in [3.63, 3.8) is 0 Å². The fourth-order valence-corrected chi connectivity index (χ4v) is 1.51. The molecule has 0 atom stereocenters. The zero-order valence-electron chi connectivity index (χ0n) is 10.9. The van der Waals surface area contributed by atoms with Crippen molar-refractivity contribution in [3.05, 3.63) is 11.4 Å². The van der Waals surface area contributed by atoms with Gasteiger partial charge in [-0.1, -0.05) is 0 Å². The summed E-state index contributed by atoms with van der Waals surface area (Å²) in [5.74, 6) is -0.134. The molecule has 0 fully saturated rings. The molecule has 17 heavy (non-hydrogen) atoms. The summed E-state index contributed by atoms with van der Waals surface area (Å²) in [6.45, 7) is 3.44. The van der Waals surface area contributed by atoms with E-state index >= 15 is 0 Å². The Morgan fingerprint density at radius 3 is 2.47 bits per heavy atom. The van der Waals surface area contributed by atoms with E-state index in [0.717, 1.165) is 18.7 Å². The second-order valence-corrected chi connectivity index (χ2v) is 4.49. The van der Waals surface area contributed by atoms with Crippen LogP contribution in [0.3, 0.4) is 0 Å². The van der Waals surface area contributed by atoms with Crippen molar-refractivity contribution >= 4 is 11.6 Å². The molecule has 0 aliphatic rings. The molecule has 0 aliphatic heterocycles. The summed E-state index contributed by atoms with van der Waals surface area (Å²) in [6, 6.07) is 0. The number of carbonyl (C=O) groups excluding carboxylic acids is 1. The lowest BCUT2D eigenvalue weighted by Gasteiger charge is -2.17. The second-order valence-electron chi connectivity index (χ2n) is 4.49. The van der Waals surface area contributed by atoms with E-state index in [9.17, 15) is 4.79 Å². The number of carbonyl (C=O) groups is 1. The molecule has 0 aromatic carbocycles. The predicted molar refractivity (Wildman–Crippen MR) is 67.9 cm³/mol. The van der Waals surface area contributed by atoms with Gasteiger partial charge in [0.2, 0.25) is 0 Å². The fraction of sp³-hybridized carbons (Fsp3) is 0.636. The van der Waals surface area contributed by atoms with E-state index in [1.54, 1.807) is 18.9 Å². The Hall–Kier alpha value is -1.56. The van der Waals surface area contributed by atoms with Crippen LogP contribution in [-0.4, -0.2) is 60.1 Å². The number of H-pyrrole nitrogens is 1. The fourth-order valence-electron chi connectivity index (χ4n) is 1.51. The number of aromatic nitrogens is 2. The number of aromatic amines is 1. The van der Waals surface area contributed by atoms with Crippen LogP contribution in [0.5, 0.6) is 0 Å². The second kappa shape index (κ2) is 5.67. The van der Waals surface area contributed by atoms with Gasteiger partial charge in [-0.15, -0.1) is 0 Å². The maximum Gasteiger partial charge on any atom is 0.276 e. The number of aryl methyl sites for hydroxylation is 1. The summed E-state index contributed by atoms with van der Waals surface area (Å²) >= 11 is 0. The van der Waals surface area contributed by atoms with E-state index in [-0.39, 0.29) is 5.91 Å². The summed E-state index contributed by atoms with van der Waals surface area (Å²) in [5, 5.41) is 6.64. The van der Waals surface area contributed by atoms with Gasteiger partial charge in [-0.3, -0.25) is 9.89 Å². The minimum atomic E-state index is -0.134. The van der Waals surface area contributed by atoms with Crippen LogP contribution in [-0.2, 0) is 0 Å². The SMILES string of the molecule is Cc1[nH]nc(C(=O)N(C)CCCN(C)C)c1N. The molecule has 0 radical (unpaired) electrons. The molecule has 1 aromatic rings. The van der Waals surface area contributed by atoms with Crippen molar-refractivity contribution in [1.29, 1.82) is 0 Å². The van der Waals surface area contributed by atoms with Crippen molar-refractivity contribution in [2.75, 3.05) is 40.0 Å². The van der Waals surface area contributed by atoms with Crippen LogP contribution >= 0.6 is 0 Å². The molecule has 0 bridgehead atoms. The van der Waals surface area contributed by atoms with E-state index in [1.165, 1.54) is 0 Å². The minimum Gasteiger partial charge on any atom is -0.395 e. The van der Waals surface area contributed by atoms with Crippen molar-refractivity contribution in [2.24, 2.45) is 0 Å². The summed E-state index contributed by atoms with van der Waals surface area (Å²) < 4.78 is 0. The molecular formula is C11H21N5O. The number of nitrogen functional groups attached to an aromatic ring is 1.